The normalized spacial score (nSPS) is 20.6. The monoisotopic (exact) mass is 247 g/mol. The van der Waals surface area contributed by atoms with Gasteiger partial charge in [0.1, 0.15) is 0 Å². The van der Waals surface area contributed by atoms with Gasteiger partial charge in [-0.05, 0) is 31.4 Å². The standard InChI is InChI=1S/C10H11Cl2NS/c1-13-8-4-5-14-10-7(12)3-2-6(11)9(8)10/h2-3,8,13H,4-5H2,1H3. The van der Waals surface area contributed by atoms with Gasteiger partial charge in [-0.3, -0.25) is 0 Å². The van der Waals surface area contributed by atoms with E-state index in [1.54, 1.807) is 11.8 Å². The molecular weight excluding hydrogens is 237 g/mol. The summed E-state index contributed by atoms with van der Waals surface area (Å²) in [6.07, 6.45) is 1.11. The van der Waals surface area contributed by atoms with Gasteiger partial charge < -0.3 is 5.32 Å². The molecule has 0 fully saturated rings. The predicted octanol–water partition coefficient (Wildman–Crippen LogP) is 3.75. The maximum Gasteiger partial charge on any atom is 0.0546 e. The van der Waals surface area contributed by atoms with Crippen LogP contribution in [0.4, 0.5) is 0 Å². The zero-order chi connectivity index (χ0) is 10.1. The molecule has 14 heavy (non-hydrogen) atoms. The first-order valence-electron chi connectivity index (χ1n) is 4.52. The summed E-state index contributed by atoms with van der Waals surface area (Å²) in [5.74, 6) is 1.10. The van der Waals surface area contributed by atoms with Gasteiger partial charge in [-0.15, -0.1) is 11.8 Å². The number of hydrogen-bond donors (Lipinski definition) is 1. The highest BCUT2D eigenvalue weighted by atomic mass is 35.5. The molecule has 0 saturated carbocycles. The summed E-state index contributed by atoms with van der Waals surface area (Å²) >= 11 is 14.1. The minimum Gasteiger partial charge on any atom is -0.313 e. The maximum absolute atomic E-state index is 6.18. The van der Waals surface area contributed by atoms with Crippen LogP contribution in [-0.2, 0) is 0 Å². The van der Waals surface area contributed by atoms with Gasteiger partial charge in [0.15, 0.2) is 0 Å². The first-order valence-corrected chi connectivity index (χ1v) is 6.26. The molecule has 1 atom stereocenters. The summed E-state index contributed by atoms with van der Waals surface area (Å²) in [5, 5.41) is 4.90. The van der Waals surface area contributed by atoms with E-state index < -0.39 is 0 Å². The third-order valence-corrected chi connectivity index (χ3v) is 4.37. The molecule has 0 aliphatic carbocycles. The molecule has 76 valence electrons. The fourth-order valence-electron chi connectivity index (χ4n) is 1.73. The zero-order valence-electron chi connectivity index (χ0n) is 7.81. The van der Waals surface area contributed by atoms with Crippen molar-refractivity contribution in [2.75, 3.05) is 12.8 Å². The number of nitrogens with one attached hydrogen (secondary N) is 1. The fraction of sp³-hybridized carbons (Fsp3) is 0.400. The van der Waals surface area contributed by atoms with Gasteiger partial charge in [0.2, 0.25) is 0 Å². The van der Waals surface area contributed by atoms with Crippen molar-refractivity contribution >= 4 is 35.0 Å². The average molecular weight is 248 g/mol. The van der Waals surface area contributed by atoms with Crippen LogP contribution in [0, 0.1) is 0 Å². The van der Waals surface area contributed by atoms with Crippen molar-refractivity contribution in [3.8, 4) is 0 Å². The summed E-state index contributed by atoms with van der Waals surface area (Å²) in [6.45, 7) is 0. The molecule has 1 aromatic carbocycles. The van der Waals surface area contributed by atoms with Crippen LogP contribution in [-0.4, -0.2) is 12.8 Å². The van der Waals surface area contributed by atoms with Gasteiger partial charge in [-0.2, -0.15) is 0 Å². The van der Waals surface area contributed by atoms with Gasteiger partial charge in [0.05, 0.1) is 5.02 Å². The second-order valence-corrected chi connectivity index (χ2v) is 5.17. The van der Waals surface area contributed by atoms with E-state index in [0.29, 0.717) is 6.04 Å². The van der Waals surface area contributed by atoms with E-state index in [0.717, 1.165) is 32.7 Å². The molecule has 1 unspecified atom stereocenters. The lowest BCUT2D eigenvalue weighted by atomic mass is 10.0. The lowest BCUT2D eigenvalue weighted by Gasteiger charge is -2.26. The van der Waals surface area contributed by atoms with Crippen molar-refractivity contribution in [1.29, 1.82) is 0 Å². The molecule has 1 aliphatic heterocycles. The van der Waals surface area contributed by atoms with E-state index >= 15 is 0 Å². The highest BCUT2D eigenvalue weighted by molar-refractivity contribution is 7.99. The Bertz CT molecular complexity index is 354. The van der Waals surface area contributed by atoms with Crippen LogP contribution in [0.3, 0.4) is 0 Å². The van der Waals surface area contributed by atoms with E-state index in [1.165, 1.54) is 0 Å². The van der Waals surface area contributed by atoms with Crippen molar-refractivity contribution in [2.24, 2.45) is 0 Å². The minimum absolute atomic E-state index is 0.345. The molecule has 0 spiro atoms. The van der Waals surface area contributed by atoms with Crippen LogP contribution >= 0.6 is 35.0 Å². The molecule has 0 radical (unpaired) electrons. The molecule has 0 amide bonds. The molecule has 0 bridgehead atoms. The molecule has 1 aliphatic rings. The van der Waals surface area contributed by atoms with Crippen LogP contribution in [0.2, 0.25) is 10.0 Å². The third-order valence-electron chi connectivity index (χ3n) is 2.44. The third kappa shape index (κ3) is 1.76. The Balaban J connectivity index is 2.55. The summed E-state index contributed by atoms with van der Waals surface area (Å²) < 4.78 is 0. The van der Waals surface area contributed by atoms with Crippen molar-refractivity contribution in [2.45, 2.75) is 17.4 Å². The highest BCUT2D eigenvalue weighted by Gasteiger charge is 2.23. The molecule has 1 N–H and O–H groups in total. The SMILES string of the molecule is CNC1CCSc2c(Cl)ccc(Cl)c21. The van der Waals surface area contributed by atoms with Crippen LogP contribution in [0.1, 0.15) is 18.0 Å². The van der Waals surface area contributed by atoms with Gasteiger partial charge in [0.25, 0.3) is 0 Å². The molecule has 1 heterocycles. The molecule has 1 nitrogen and oxygen atoms in total. The second-order valence-electron chi connectivity index (χ2n) is 3.25. The Morgan fingerprint density at radius 2 is 2.07 bits per heavy atom. The summed E-state index contributed by atoms with van der Waals surface area (Å²) in [5.41, 5.74) is 1.16. The number of benzene rings is 1. The van der Waals surface area contributed by atoms with Crippen LogP contribution in [0.15, 0.2) is 17.0 Å². The minimum atomic E-state index is 0.345. The van der Waals surface area contributed by atoms with E-state index in [2.05, 4.69) is 5.32 Å². The van der Waals surface area contributed by atoms with Crippen molar-refractivity contribution < 1.29 is 0 Å². The molecule has 1 aromatic rings. The van der Waals surface area contributed by atoms with E-state index in [4.69, 9.17) is 23.2 Å². The lowest BCUT2D eigenvalue weighted by Crippen LogP contribution is -2.21. The highest BCUT2D eigenvalue weighted by Crippen LogP contribution is 2.43. The van der Waals surface area contributed by atoms with Gasteiger partial charge >= 0.3 is 0 Å². The van der Waals surface area contributed by atoms with Crippen molar-refractivity contribution in [3.63, 3.8) is 0 Å². The van der Waals surface area contributed by atoms with Gasteiger partial charge in [-0.25, -0.2) is 0 Å². The van der Waals surface area contributed by atoms with Crippen LogP contribution < -0.4 is 5.32 Å². The largest absolute Gasteiger partial charge is 0.313 e. The topological polar surface area (TPSA) is 12.0 Å². The Morgan fingerprint density at radius 3 is 2.79 bits per heavy atom. The lowest BCUT2D eigenvalue weighted by molar-refractivity contribution is 0.565. The Hall–Kier alpha value is 0.110. The fourth-order valence-corrected chi connectivity index (χ4v) is 3.58. The quantitative estimate of drug-likeness (QED) is 0.812. The van der Waals surface area contributed by atoms with Crippen LogP contribution in [0.25, 0.3) is 0 Å². The molecular formula is C10H11Cl2NS. The summed E-state index contributed by atoms with van der Waals surface area (Å²) in [4.78, 5) is 1.14. The maximum atomic E-state index is 6.18. The van der Waals surface area contributed by atoms with E-state index in [9.17, 15) is 0 Å². The Morgan fingerprint density at radius 1 is 1.36 bits per heavy atom. The molecule has 0 saturated heterocycles. The Kier molecular flexibility index (Phi) is 3.27. The molecule has 4 heteroatoms. The number of thioether (sulfide) groups is 1. The van der Waals surface area contributed by atoms with Gasteiger partial charge in [-0.1, -0.05) is 23.2 Å². The van der Waals surface area contributed by atoms with Gasteiger partial charge in [0, 0.05) is 21.5 Å². The van der Waals surface area contributed by atoms with Crippen molar-refractivity contribution in [1.82, 2.24) is 5.32 Å². The number of rotatable bonds is 1. The van der Waals surface area contributed by atoms with E-state index in [-0.39, 0.29) is 0 Å². The molecule has 0 aromatic heterocycles. The summed E-state index contributed by atoms with van der Waals surface area (Å²) in [7, 11) is 1.96. The summed E-state index contributed by atoms with van der Waals surface area (Å²) in [6, 6.07) is 4.09. The first-order chi connectivity index (χ1) is 6.74. The van der Waals surface area contributed by atoms with Crippen molar-refractivity contribution in [3.05, 3.63) is 27.7 Å². The zero-order valence-corrected chi connectivity index (χ0v) is 10.1. The first kappa shape index (κ1) is 10.6. The average Bonchev–Trinajstić information content (AvgIpc) is 2.23. The Labute approximate surface area is 98.2 Å². The number of fused-ring (bicyclic) bond motifs is 1. The van der Waals surface area contributed by atoms with Crippen LogP contribution in [0.5, 0.6) is 0 Å². The predicted molar refractivity (Wildman–Crippen MR) is 63.6 cm³/mol. The second kappa shape index (κ2) is 4.31. The number of halogens is 2. The molecule has 2 rings (SSSR count). The van der Waals surface area contributed by atoms with E-state index in [1.807, 2.05) is 19.2 Å². The smallest absolute Gasteiger partial charge is 0.0546 e. The number of hydrogen-bond acceptors (Lipinski definition) is 2.